The molecular formula is C11H11N5O. The van der Waals surface area contributed by atoms with Crippen LogP contribution < -0.4 is 5.48 Å². The summed E-state index contributed by atoms with van der Waals surface area (Å²) in [6, 6.07) is 3.81. The lowest BCUT2D eigenvalue weighted by Crippen LogP contribution is -1.98. The number of benzene rings is 1. The normalized spacial score (nSPS) is 11.2. The molecule has 3 aromatic rings. The number of aryl methyl sites for hydroxylation is 2. The van der Waals surface area contributed by atoms with Gasteiger partial charge in [-0.05, 0) is 19.1 Å². The first-order chi connectivity index (χ1) is 8.20. The van der Waals surface area contributed by atoms with Gasteiger partial charge in [-0.3, -0.25) is 10.2 Å². The van der Waals surface area contributed by atoms with Crippen LogP contribution in [0.25, 0.3) is 22.1 Å². The lowest BCUT2D eigenvalue weighted by Gasteiger charge is -2.00. The summed E-state index contributed by atoms with van der Waals surface area (Å²) < 4.78 is 1.76. The smallest absolute Gasteiger partial charge is 0.227 e. The van der Waals surface area contributed by atoms with E-state index in [4.69, 9.17) is 5.21 Å². The average molecular weight is 229 g/mol. The minimum absolute atomic E-state index is 0.385. The van der Waals surface area contributed by atoms with E-state index in [0.717, 1.165) is 27.8 Å². The molecule has 0 aliphatic rings. The summed E-state index contributed by atoms with van der Waals surface area (Å²) in [7, 11) is 1.82. The Kier molecular flexibility index (Phi) is 1.99. The number of nitrogens with one attached hydrogen (secondary N) is 1. The van der Waals surface area contributed by atoms with Gasteiger partial charge in [-0.15, -0.1) is 0 Å². The first-order valence-corrected chi connectivity index (χ1v) is 5.19. The van der Waals surface area contributed by atoms with Crippen molar-refractivity contribution in [2.45, 2.75) is 6.92 Å². The summed E-state index contributed by atoms with van der Waals surface area (Å²) in [4.78, 5) is 13.0. The summed E-state index contributed by atoms with van der Waals surface area (Å²) in [5.74, 6) is 0.385. The third kappa shape index (κ3) is 1.34. The van der Waals surface area contributed by atoms with Crippen LogP contribution in [0.15, 0.2) is 18.3 Å². The highest BCUT2D eigenvalue weighted by atomic mass is 16.5. The van der Waals surface area contributed by atoms with Crippen LogP contribution in [0.1, 0.15) is 5.69 Å². The first kappa shape index (κ1) is 9.98. The zero-order valence-electron chi connectivity index (χ0n) is 9.47. The van der Waals surface area contributed by atoms with Crippen molar-refractivity contribution in [3.8, 4) is 0 Å². The molecule has 2 aromatic heterocycles. The summed E-state index contributed by atoms with van der Waals surface area (Å²) in [5, 5.41) is 8.98. The van der Waals surface area contributed by atoms with E-state index in [9.17, 15) is 0 Å². The van der Waals surface area contributed by atoms with Gasteiger partial charge in [0.05, 0.1) is 16.7 Å². The number of rotatable bonds is 1. The summed E-state index contributed by atoms with van der Waals surface area (Å²) in [6.07, 6.45) is 1.72. The van der Waals surface area contributed by atoms with Gasteiger partial charge in [-0.1, -0.05) is 0 Å². The Hall–Kier alpha value is -2.21. The molecule has 86 valence electrons. The van der Waals surface area contributed by atoms with Crippen molar-refractivity contribution < 1.29 is 5.21 Å². The van der Waals surface area contributed by atoms with Crippen molar-refractivity contribution in [1.82, 2.24) is 19.5 Å². The second kappa shape index (κ2) is 3.39. The van der Waals surface area contributed by atoms with Gasteiger partial charge in [-0.2, -0.15) is 0 Å². The van der Waals surface area contributed by atoms with Crippen LogP contribution >= 0.6 is 0 Å². The van der Waals surface area contributed by atoms with Gasteiger partial charge in [0.25, 0.3) is 0 Å². The van der Waals surface area contributed by atoms with Crippen LogP contribution in [0.4, 0.5) is 5.95 Å². The third-order valence-electron chi connectivity index (χ3n) is 2.78. The Balaban J connectivity index is 2.50. The van der Waals surface area contributed by atoms with Crippen LogP contribution in [0.3, 0.4) is 0 Å². The highest BCUT2D eigenvalue weighted by Crippen LogP contribution is 2.24. The molecule has 0 radical (unpaired) electrons. The topological polar surface area (TPSA) is 75.9 Å². The van der Waals surface area contributed by atoms with Crippen molar-refractivity contribution in [3.05, 3.63) is 24.0 Å². The molecule has 0 spiro atoms. The molecule has 2 heterocycles. The molecule has 0 atom stereocenters. The predicted molar refractivity (Wildman–Crippen MR) is 64.0 cm³/mol. The number of aromatic nitrogens is 4. The Labute approximate surface area is 96.9 Å². The molecule has 0 bridgehead atoms. The van der Waals surface area contributed by atoms with E-state index in [2.05, 4.69) is 20.4 Å². The van der Waals surface area contributed by atoms with E-state index < -0.39 is 0 Å². The molecule has 3 rings (SSSR count). The second-order valence-corrected chi connectivity index (χ2v) is 3.92. The Bertz CT molecular complexity index is 719. The van der Waals surface area contributed by atoms with Crippen LogP contribution in [-0.2, 0) is 7.05 Å². The monoisotopic (exact) mass is 229 g/mol. The SMILES string of the molecule is Cc1cnc2ccc3c(nc(NO)n3C)c2n1. The maximum atomic E-state index is 8.98. The standard InChI is InChI=1S/C11H11N5O/c1-6-5-12-7-3-4-8-10(9(7)13-6)14-11(15-17)16(8)2/h3-5,17H,1-2H3,(H,14,15). The van der Waals surface area contributed by atoms with Gasteiger partial charge in [-0.25, -0.2) is 15.4 Å². The first-order valence-electron chi connectivity index (χ1n) is 5.19. The highest BCUT2D eigenvalue weighted by molar-refractivity contribution is 6.01. The van der Waals surface area contributed by atoms with Gasteiger partial charge in [0.2, 0.25) is 5.95 Å². The molecule has 0 fully saturated rings. The molecule has 0 aliphatic carbocycles. The lowest BCUT2D eigenvalue weighted by molar-refractivity contribution is 0.380. The van der Waals surface area contributed by atoms with Crippen molar-refractivity contribution >= 4 is 28.0 Å². The Morgan fingerprint density at radius 1 is 1.24 bits per heavy atom. The maximum Gasteiger partial charge on any atom is 0.227 e. The summed E-state index contributed by atoms with van der Waals surface area (Å²) in [5.41, 5.74) is 6.09. The predicted octanol–water partition coefficient (Wildman–Crippen LogP) is 1.63. The zero-order valence-corrected chi connectivity index (χ0v) is 9.47. The van der Waals surface area contributed by atoms with E-state index in [1.165, 1.54) is 0 Å². The minimum atomic E-state index is 0.385. The van der Waals surface area contributed by atoms with Gasteiger partial charge in [0.15, 0.2) is 0 Å². The largest absolute Gasteiger partial charge is 0.312 e. The number of anilines is 1. The quantitative estimate of drug-likeness (QED) is 0.620. The molecule has 0 aliphatic heterocycles. The summed E-state index contributed by atoms with van der Waals surface area (Å²) >= 11 is 0. The summed E-state index contributed by atoms with van der Waals surface area (Å²) in [6.45, 7) is 1.89. The molecule has 0 saturated heterocycles. The van der Waals surface area contributed by atoms with Crippen LogP contribution in [0, 0.1) is 6.92 Å². The fourth-order valence-corrected chi connectivity index (χ4v) is 1.92. The zero-order chi connectivity index (χ0) is 12.0. The van der Waals surface area contributed by atoms with Gasteiger partial charge >= 0.3 is 0 Å². The van der Waals surface area contributed by atoms with Crippen LogP contribution in [0.2, 0.25) is 0 Å². The molecule has 0 saturated carbocycles. The number of imidazole rings is 1. The second-order valence-electron chi connectivity index (χ2n) is 3.92. The van der Waals surface area contributed by atoms with Gasteiger partial charge < -0.3 is 4.57 Å². The van der Waals surface area contributed by atoms with Crippen molar-refractivity contribution in [2.75, 3.05) is 5.48 Å². The van der Waals surface area contributed by atoms with E-state index in [-0.39, 0.29) is 0 Å². The molecule has 1 aromatic carbocycles. The van der Waals surface area contributed by atoms with Gasteiger partial charge in [0, 0.05) is 13.2 Å². The van der Waals surface area contributed by atoms with E-state index >= 15 is 0 Å². The maximum absolute atomic E-state index is 8.98. The Morgan fingerprint density at radius 3 is 2.82 bits per heavy atom. The van der Waals surface area contributed by atoms with E-state index in [1.54, 1.807) is 10.8 Å². The molecular weight excluding hydrogens is 218 g/mol. The molecule has 0 amide bonds. The molecule has 0 unspecified atom stereocenters. The molecule has 6 heteroatoms. The fraction of sp³-hybridized carbons (Fsp3) is 0.182. The van der Waals surface area contributed by atoms with Gasteiger partial charge in [0.1, 0.15) is 11.0 Å². The fourth-order valence-electron chi connectivity index (χ4n) is 1.92. The number of nitrogens with zero attached hydrogens (tertiary/aromatic N) is 4. The lowest BCUT2D eigenvalue weighted by atomic mass is 10.2. The number of hydrogen-bond acceptors (Lipinski definition) is 5. The number of hydrogen-bond donors (Lipinski definition) is 2. The van der Waals surface area contributed by atoms with E-state index in [0.29, 0.717) is 5.95 Å². The third-order valence-corrected chi connectivity index (χ3v) is 2.78. The molecule has 2 N–H and O–H groups in total. The van der Waals surface area contributed by atoms with Crippen molar-refractivity contribution in [3.63, 3.8) is 0 Å². The van der Waals surface area contributed by atoms with Crippen molar-refractivity contribution in [1.29, 1.82) is 0 Å². The number of fused-ring (bicyclic) bond motifs is 3. The van der Waals surface area contributed by atoms with Crippen LogP contribution in [0.5, 0.6) is 0 Å². The van der Waals surface area contributed by atoms with E-state index in [1.807, 2.05) is 26.1 Å². The minimum Gasteiger partial charge on any atom is -0.312 e. The Morgan fingerprint density at radius 2 is 2.06 bits per heavy atom. The molecule has 6 nitrogen and oxygen atoms in total. The average Bonchev–Trinajstić information content (AvgIpc) is 2.66. The molecule has 17 heavy (non-hydrogen) atoms. The highest BCUT2D eigenvalue weighted by Gasteiger charge is 2.11. The van der Waals surface area contributed by atoms with Crippen LogP contribution in [-0.4, -0.2) is 24.7 Å². The van der Waals surface area contributed by atoms with Crippen molar-refractivity contribution in [2.24, 2.45) is 7.05 Å².